The monoisotopic (exact) mass is 249 g/mol. The predicted molar refractivity (Wildman–Crippen MR) is 72.9 cm³/mol. The van der Waals surface area contributed by atoms with E-state index in [1.807, 2.05) is 19.2 Å². The summed E-state index contributed by atoms with van der Waals surface area (Å²) in [5.41, 5.74) is 1.20. The smallest absolute Gasteiger partial charge is 0.118 e. The number of benzene rings is 1. The van der Waals surface area contributed by atoms with Crippen LogP contribution in [0.2, 0.25) is 0 Å². The first-order valence-corrected chi connectivity index (χ1v) is 6.75. The predicted octanol–water partition coefficient (Wildman–Crippen LogP) is 2.74. The molecule has 3 heteroatoms. The summed E-state index contributed by atoms with van der Waals surface area (Å²) in [4.78, 5) is 0. The van der Waals surface area contributed by atoms with Crippen LogP contribution in [0, 0.1) is 0 Å². The van der Waals surface area contributed by atoms with Gasteiger partial charge in [-0.3, -0.25) is 0 Å². The van der Waals surface area contributed by atoms with Gasteiger partial charge in [-0.1, -0.05) is 25.0 Å². The first-order valence-electron chi connectivity index (χ1n) is 6.75. The molecule has 1 aliphatic rings. The number of hydrogen-bond donors (Lipinski definition) is 1. The van der Waals surface area contributed by atoms with Crippen LogP contribution in [0.25, 0.3) is 0 Å². The lowest BCUT2D eigenvalue weighted by molar-refractivity contribution is -0.00362. The third-order valence-electron chi connectivity index (χ3n) is 3.70. The summed E-state index contributed by atoms with van der Waals surface area (Å²) >= 11 is 0. The molecule has 100 valence electrons. The van der Waals surface area contributed by atoms with Crippen LogP contribution in [0.4, 0.5) is 0 Å². The summed E-state index contributed by atoms with van der Waals surface area (Å²) in [6.07, 6.45) is 5.34. The zero-order valence-corrected chi connectivity index (χ0v) is 11.3. The van der Waals surface area contributed by atoms with Gasteiger partial charge in [0.15, 0.2) is 0 Å². The molecule has 3 nitrogen and oxygen atoms in total. The van der Waals surface area contributed by atoms with E-state index < -0.39 is 0 Å². The van der Waals surface area contributed by atoms with E-state index in [2.05, 4.69) is 17.4 Å². The number of likely N-dealkylation sites (N-methyl/N-ethyl adjacent to an activating group) is 1. The molecule has 0 saturated heterocycles. The van der Waals surface area contributed by atoms with E-state index in [4.69, 9.17) is 9.47 Å². The molecule has 0 heterocycles. The highest BCUT2D eigenvalue weighted by Crippen LogP contribution is 2.22. The molecule has 0 aromatic heterocycles. The number of rotatable bonds is 5. The molecule has 1 N–H and O–H groups in total. The van der Waals surface area contributed by atoms with E-state index >= 15 is 0 Å². The van der Waals surface area contributed by atoms with E-state index in [-0.39, 0.29) is 0 Å². The number of ether oxygens (including phenoxy) is 2. The largest absolute Gasteiger partial charge is 0.497 e. The fourth-order valence-electron chi connectivity index (χ4n) is 2.55. The van der Waals surface area contributed by atoms with Crippen LogP contribution in [0.3, 0.4) is 0 Å². The van der Waals surface area contributed by atoms with Gasteiger partial charge in [0, 0.05) is 6.04 Å². The fraction of sp³-hybridized carbons (Fsp3) is 0.600. The summed E-state index contributed by atoms with van der Waals surface area (Å²) in [6.45, 7) is 0.687. The molecule has 1 saturated carbocycles. The molecule has 2 unspecified atom stereocenters. The maximum atomic E-state index is 6.04. The van der Waals surface area contributed by atoms with Crippen molar-refractivity contribution in [2.45, 2.75) is 44.4 Å². The molecular formula is C15H23NO2. The first-order chi connectivity index (χ1) is 8.83. The molecule has 0 aliphatic heterocycles. The van der Waals surface area contributed by atoms with E-state index in [0.717, 1.165) is 5.75 Å². The van der Waals surface area contributed by atoms with Crippen molar-refractivity contribution in [1.82, 2.24) is 5.32 Å². The van der Waals surface area contributed by atoms with Crippen LogP contribution in [-0.4, -0.2) is 26.3 Å². The van der Waals surface area contributed by atoms with E-state index in [1.165, 1.54) is 31.2 Å². The van der Waals surface area contributed by atoms with Gasteiger partial charge in [-0.15, -0.1) is 0 Å². The SMILES string of the molecule is CNC1CCCCC1OCc1ccc(OC)cc1. The maximum Gasteiger partial charge on any atom is 0.118 e. The van der Waals surface area contributed by atoms with Crippen molar-refractivity contribution in [1.29, 1.82) is 0 Å². The third-order valence-corrected chi connectivity index (χ3v) is 3.70. The van der Waals surface area contributed by atoms with Gasteiger partial charge in [0.2, 0.25) is 0 Å². The lowest BCUT2D eigenvalue weighted by Gasteiger charge is -2.31. The summed E-state index contributed by atoms with van der Waals surface area (Å²) in [6, 6.07) is 8.60. The Kier molecular flexibility index (Phi) is 5.02. The number of methoxy groups -OCH3 is 1. The van der Waals surface area contributed by atoms with Gasteiger partial charge in [-0.05, 0) is 37.6 Å². The minimum Gasteiger partial charge on any atom is -0.497 e. The standard InChI is InChI=1S/C15H23NO2/c1-16-14-5-3-4-6-15(14)18-11-12-7-9-13(17-2)10-8-12/h7-10,14-16H,3-6,11H2,1-2H3. The normalized spacial score (nSPS) is 23.9. The number of nitrogens with one attached hydrogen (secondary N) is 1. The average molecular weight is 249 g/mol. The fourth-order valence-corrected chi connectivity index (χ4v) is 2.55. The first kappa shape index (κ1) is 13.4. The zero-order chi connectivity index (χ0) is 12.8. The zero-order valence-electron chi connectivity index (χ0n) is 11.3. The molecule has 1 aromatic rings. The number of hydrogen-bond acceptors (Lipinski definition) is 3. The molecule has 18 heavy (non-hydrogen) atoms. The van der Waals surface area contributed by atoms with Gasteiger partial charge in [-0.2, -0.15) is 0 Å². The highest BCUT2D eigenvalue weighted by Gasteiger charge is 2.24. The molecule has 2 atom stereocenters. The molecule has 2 rings (SSSR count). The quantitative estimate of drug-likeness (QED) is 0.870. The molecule has 0 spiro atoms. The van der Waals surface area contributed by atoms with Crippen molar-refractivity contribution in [3.63, 3.8) is 0 Å². The van der Waals surface area contributed by atoms with E-state index in [1.54, 1.807) is 7.11 Å². The molecular weight excluding hydrogens is 226 g/mol. The lowest BCUT2D eigenvalue weighted by atomic mass is 9.92. The second kappa shape index (κ2) is 6.76. The van der Waals surface area contributed by atoms with Gasteiger partial charge >= 0.3 is 0 Å². The average Bonchev–Trinajstić information content (AvgIpc) is 2.46. The van der Waals surface area contributed by atoms with Crippen LogP contribution in [0.15, 0.2) is 24.3 Å². The molecule has 1 aromatic carbocycles. The van der Waals surface area contributed by atoms with Crippen molar-refractivity contribution in [3.8, 4) is 5.75 Å². The highest BCUT2D eigenvalue weighted by molar-refractivity contribution is 5.26. The Morgan fingerprint density at radius 3 is 2.56 bits per heavy atom. The Bertz CT molecular complexity index is 350. The second-order valence-electron chi connectivity index (χ2n) is 4.88. The van der Waals surface area contributed by atoms with E-state index in [0.29, 0.717) is 18.8 Å². The minimum atomic E-state index is 0.353. The van der Waals surface area contributed by atoms with Crippen molar-refractivity contribution in [2.24, 2.45) is 0 Å². The van der Waals surface area contributed by atoms with Crippen molar-refractivity contribution >= 4 is 0 Å². The molecule has 1 fully saturated rings. The van der Waals surface area contributed by atoms with Crippen LogP contribution in [0.5, 0.6) is 5.75 Å². The molecule has 0 bridgehead atoms. The highest BCUT2D eigenvalue weighted by atomic mass is 16.5. The Morgan fingerprint density at radius 1 is 1.17 bits per heavy atom. The van der Waals surface area contributed by atoms with Gasteiger partial charge < -0.3 is 14.8 Å². The van der Waals surface area contributed by atoms with E-state index in [9.17, 15) is 0 Å². The Labute approximate surface area is 109 Å². The van der Waals surface area contributed by atoms with Gasteiger partial charge in [0.05, 0.1) is 19.8 Å². The maximum absolute atomic E-state index is 6.04. The lowest BCUT2D eigenvalue weighted by Crippen LogP contribution is -2.41. The molecule has 1 aliphatic carbocycles. The van der Waals surface area contributed by atoms with Gasteiger partial charge in [0.1, 0.15) is 5.75 Å². The topological polar surface area (TPSA) is 30.5 Å². The summed E-state index contributed by atoms with van der Waals surface area (Å²) < 4.78 is 11.2. The van der Waals surface area contributed by atoms with Crippen molar-refractivity contribution in [3.05, 3.63) is 29.8 Å². The van der Waals surface area contributed by atoms with Crippen LogP contribution >= 0.6 is 0 Å². The van der Waals surface area contributed by atoms with Crippen LogP contribution < -0.4 is 10.1 Å². The Hall–Kier alpha value is -1.06. The molecule has 0 radical (unpaired) electrons. The van der Waals surface area contributed by atoms with Crippen molar-refractivity contribution in [2.75, 3.05) is 14.2 Å². The van der Waals surface area contributed by atoms with Crippen LogP contribution in [-0.2, 0) is 11.3 Å². The van der Waals surface area contributed by atoms with Gasteiger partial charge in [0.25, 0.3) is 0 Å². The summed E-state index contributed by atoms with van der Waals surface area (Å²) in [5, 5.41) is 3.36. The summed E-state index contributed by atoms with van der Waals surface area (Å²) in [7, 11) is 3.71. The molecule has 0 amide bonds. The van der Waals surface area contributed by atoms with Gasteiger partial charge in [-0.25, -0.2) is 0 Å². The summed E-state index contributed by atoms with van der Waals surface area (Å²) in [5.74, 6) is 0.893. The third kappa shape index (κ3) is 3.47. The second-order valence-corrected chi connectivity index (χ2v) is 4.88. The van der Waals surface area contributed by atoms with Crippen LogP contribution in [0.1, 0.15) is 31.2 Å². The Balaban J connectivity index is 1.85. The Morgan fingerprint density at radius 2 is 1.89 bits per heavy atom. The minimum absolute atomic E-state index is 0.353. The van der Waals surface area contributed by atoms with Crippen molar-refractivity contribution < 1.29 is 9.47 Å².